The van der Waals surface area contributed by atoms with Crippen molar-refractivity contribution in [2.24, 2.45) is 0 Å². The van der Waals surface area contributed by atoms with E-state index in [4.69, 9.17) is 28.4 Å². The quantitative estimate of drug-likeness (QED) is 0.419. The number of ether oxygens (including phenoxy) is 6. The minimum absolute atomic E-state index is 0.0938. The molecule has 158 valence electrons. The van der Waals surface area contributed by atoms with Crippen LogP contribution in [0.2, 0.25) is 0 Å². The number of fused-ring (bicyclic) bond motifs is 3. The molecule has 0 bridgehead atoms. The highest BCUT2D eigenvalue weighted by Crippen LogP contribution is 2.44. The normalized spacial score (nSPS) is 34.3. The molecule has 0 N–H and O–H groups in total. The average Bonchev–Trinajstić information content (AvgIpc) is 3.13. The summed E-state index contributed by atoms with van der Waals surface area (Å²) in [6.45, 7) is 7.06. The van der Waals surface area contributed by atoms with E-state index in [0.29, 0.717) is 0 Å². The molecule has 10 heteroatoms. The van der Waals surface area contributed by atoms with E-state index in [1.165, 1.54) is 24.3 Å². The van der Waals surface area contributed by atoms with Crippen molar-refractivity contribution in [3.63, 3.8) is 0 Å². The van der Waals surface area contributed by atoms with E-state index >= 15 is 0 Å². The van der Waals surface area contributed by atoms with Crippen molar-refractivity contribution in [3.05, 3.63) is 39.9 Å². The van der Waals surface area contributed by atoms with Crippen molar-refractivity contribution in [1.29, 1.82) is 0 Å². The molecule has 0 unspecified atom stereocenters. The van der Waals surface area contributed by atoms with E-state index in [-0.39, 0.29) is 17.9 Å². The number of hydrogen-bond acceptors (Lipinski definition) is 9. The summed E-state index contributed by atoms with van der Waals surface area (Å²) in [4.78, 5) is 22.5. The second-order valence-corrected chi connectivity index (χ2v) is 8.11. The summed E-state index contributed by atoms with van der Waals surface area (Å²) in [5.74, 6) is -2.30. The minimum atomic E-state index is -0.843. The molecule has 0 aromatic heterocycles. The summed E-state index contributed by atoms with van der Waals surface area (Å²) in [6.07, 6.45) is -2.70. The van der Waals surface area contributed by atoms with Gasteiger partial charge in [-0.3, -0.25) is 10.1 Å². The van der Waals surface area contributed by atoms with Crippen LogP contribution in [0.5, 0.6) is 0 Å². The van der Waals surface area contributed by atoms with Crippen molar-refractivity contribution >= 4 is 11.7 Å². The Morgan fingerprint density at radius 1 is 1.00 bits per heavy atom. The molecule has 3 aliphatic heterocycles. The lowest BCUT2D eigenvalue weighted by atomic mass is 9.99. The van der Waals surface area contributed by atoms with Crippen LogP contribution in [0.4, 0.5) is 5.69 Å². The first-order valence-electron chi connectivity index (χ1n) is 9.33. The van der Waals surface area contributed by atoms with Gasteiger partial charge in [-0.1, -0.05) is 0 Å². The molecule has 3 aliphatic rings. The summed E-state index contributed by atoms with van der Waals surface area (Å²) in [5, 5.41) is 10.7. The molecule has 3 fully saturated rings. The number of carbonyl (C=O) groups is 1. The van der Waals surface area contributed by atoms with Gasteiger partial charge in [0.05, 0.1) is 10.5 Å². The van der Waals surface area contributed by atoms with E-state index in [1.54, 1.807) is 27.7 Å². The Bertz CT molecular complexity index is 806. The van der Waals surface area contributed by atoms with Gasteiger partial charge in [-0.25, -0.2) is 4.79 Å². The van der Waals surface area contributed by atoms with E-state index in [2.05, 4.69) is 0 Å². The molecule has 3 saturated heterocycles. The Hall–Kier alpha value is -2.11. The molecular formula is C19H23NO9. The Morgan fingerprint density at radius 3 is 2.24 bits per heavy atom. The highest BCUT2D eigenvalue weighted by molar-refractivity contribution is 5.89. The Kier molecular flexibility index (Phi) is 4.87. The molecule has 1 aromatic carbocycles. The smallest absolute Gasteiger partial charge is 0.338 e. The number of rotatable bonds is 4. The van der Waals surface area contributed by atoms with Crippen LogP contribution in [0.25, 0.3) is 0 Å². The second-order valence-electron chi connectivity index (χ2n) is 8.11. The molecule has 5 atom stereocenters. The topological polar surface area (TPSA) is 116 Å². The first kappa shape index (κ1) is 20.2. The molecule has 0 radical (unpaired) electrons. The highest BCUT2D eigenvalue weighted by Gasteiger charge is 2.60. The standard InChI is InChI=1S/C19H23NO9/c1-18(2)26-13-12(25-17-15(14(13)27-18)28-19(3,4)29-17)9-24-16(21)10-5-7-11(8-6-10)20(22)23/h5-8,12-15,17H,9H2,1-4H3/t12-,13+,14-,15+,17+/m1/s1. The largest absolute Gasteiger partial charge is 0.459 e. The van der Waals surface area contributed by atoms with Crippen LogP contribution >= 0.6 is 0 Å². The molecule has 29 heavy (non-hydrogen) atoms. The Balaban J connectivity index is 1.45. The van der Waals surface area contributed by atoms with Gasteiger partial charge in [0.1, 0.15) is 31.0 Å². The van der Waals surface area contributed by atoms with Crippen LogP contribution in [0.15, 0.2) is 24.3 Å². The molecular weight excluding hydrogens is 386 g/mol. The van der Waals surface area contributed by atoms with Crippen LogP contribution in [0.1, 0.15) is 38.1 Å². The summed E-state index contributed by atoms with van der Waals surface area (Å²) in [5.41, 5.74) is 0.0946. The lowest BCUT2D eigenvalue weighted by molar-refractivity contribution is -0.384. The monoisotopic (exact) mass is 409 g/mol. The third kappa shape index (κ3) is 3.99. The molecule has 0 amide bonds. The maximum absolute atomic E-state index is 12.3. The fraction of sp³-hybridized carbons (Fsp3) is 0.632. The third-order valence-electron chi connectivity index (χ3n) is 4.94. The van der Waals surface area contributed by atoms with Crippen LogP contribution in [0.3, 0.4) is 0 Å². The maximum Gasteiger partial charge on any atom is 0.338 e. The predicted molar refractivity (Wildman–Crippen MR) is 95.9 cm³/mol. The van der Waals surface area contributed by atoms with Gasteiger partial charge >= 0.3 is 5.97 Å². The number of carbonyl (C=O) groups excluding carboxylic acids is 1. The number of esters is 1. The van der Waals surface area contributed by atoms with Gasteiger partial charge in [-0.15, -0.1) is 0 Å². The van der Waals surface area contributed by atoms with E-state index in [9.17, 15) is 14.9 Å². The first-order chi connectivity index (χ1) is 13.5. The fourth-order valence-electron chi connectivity index (χ4n) is 3.79. The molecule has 10 nitrogen and oxygen atoms in total. The minimum Gasteiger partial charge on any atom is -0.459 e. The van der Waals surface area contributed by atoms with Gasteiger partial charge in [0.2, 0.25) is 0 Å². The molecule has 0 aliphatic carbocycles. The van der Waals surface area contributed by atoms with Gasteiger partial charge in [0, 0.05) is 12.1 Å². The van der Waals surface area contributed by atoms with Crippen molar-refractivity contribution in [2.45, 2.75) is 70.0 Å². The molecule has 0 saturated carbocycles. The molecule has 4 rings (SSSR count). The van der Waals surface area contributed by atoms with Gasteiger partial charge in [0.25, 0.3) is 5.69 Å². The number of nitro groups is 1. The van der Waals surface area contributed by atoms with E-state index in [1.807, 2.05) is 0 Å². The second kappa shape index (κ2) is 6.99. The van der Waals surface area contributed by atoms with Crippen molar-refractivity contribution in [3.8, 4) is 0 Å². The van der Waals surface area contributed by atoms with Crippen LogP contribution in [0, 0.1) is 10.1 Å². The summed E-state index contributed by atoms with van der Waals surface area (Å²) < 4.78 is 35.0. The summed E-state index contributed by atoms with van der Waals surface area (Å²) >= 11 is 0. The number of nitrogens with zero attached hydrogens (tertiary/aromatic N) is 1. The van der Waals surface area contributed by atoms with Crippen LogP contribution in [-0.2, 0) is 28.4 Å². The SMILES string of the molecule is CC1(C)O[C@@H]2O[C@H](COC(=O)c3ccc([N+](=O)[O-])cc3)[C@@H]3OC(C)(C)O[C@H]3[C@@H]2O1. The van der Waals surface area contributed by atoms with E-state index < -0.39 is 53.2 Å². The van der Waals surface area contributed by atoms with Gasteiger partial charge in [-0.05, 0) is 39.8 Å². The lowest BCUT2D eigenvalue weighted by Gasteiger charge is -2.36. The Morgan fingerprint density at radius 2 is 1.59 bits per heavy atom. The number of hydrogen-bond donors (Lipinski definition) is 0. The molecule has 0 spiro atoms. The number of nitro benzene ring substituents is 1. The summed E-state index contributed by atoms with van der Waals surface area (Å²) in [6, 6.07) is 5.18. The van der Waals surface area contributed by atoms with Gasteiger partial charge in [-0.2, -0.15) is 0 Å². The predicted octanol–water partition coefficient (Wildman–Crippen LogP) is 2.15. The van der Waals surface area contributed by atoms with Gasteiger partial charge < -0.3 is 28.4 Å². The Labute approximate surface area is 167 Å². The van der Waals surface area contributed by atoms with Crippen LogP contribution in [-0.4, -0.2) is 59.8 Å². The highest BCUT2D eigenvalue weighted by atomic mass is 16.9. The first-order valence-corrected chi connectivity index (χ1v) is 9.33. The lowest BCUT2D eigenvalue weighted by Crippen LogP contribution is -2.56. The average molecular weight is 409 g/mol. The maximum atomic E-state index is 12.3. The van der Waals surface area contributed by atoms with Crippen molar-refractivity contribution < 1.29 is 38.1 Å². The molecule has 1 aromatic rings. The third-order valence-corrected chi connectivity index (χ3v) is 4.94. The molecule has 3 heterocycles. The zero-order valence-corrected chi connectivity index (χ0v) is 16.5. The zero-order valence-electron chi connectivity index (χ0n) is 16.5. The zero-order chi connectivity index (χ0) is 21.0. The number of benzene rings is 1. The summed E-state index contributed by atoms with van der Waals surface area (Å²) in [7, 11) is 0. The van der Waals surface area contributed by atoms with Crippen molar-refractivity contribution in [1.82, 2.24) is 0 Å². The van der Waals surface area contributed by atoms with Crippen LogP contribution < -0.4 is 0 Å². The van der Waals surface area contributed by atoms with Crippen molar-refractivity contribution in [2.75, 3.05) is 6.61 Å². The van der Waals surface area contributed by atoms with Gasteiger partial charge in [0.15, 0.2) is 17.9 Å². The number of non-ortho nitro benzene ring substituents is 1. The van der Waals surface area contributed by atoms with E-state index in [0.717, 1.165) is 0 Å². The fourth-order valence-corrected chi connectivity index (χ4v) is 3.79.